The summed E-state index contributed by atoms with van der Waals surface area (Å²) in [7, 11) is -1.83. The first-order chi connectivity index (χ1) is 21.9. The van der Waals surface area contributed by atoms with E-state index in [0.717, 1.165) is 36.5 Å². The molecular formula is C42H63O3P. The first kappa shape index (κ1) is 37.9. The van der Waals surface area contributed by atoms with Crippen LogP contribution in [-0.4, -0.2) is 0 Å². The summed E-state index contributed by atoms with van der Waals surface area (Å²) in [5.74, 6) is 2.53. The van der Waals surface area contributed by atoms with Crippen molar-refractivity contribution in [1.29, 1.82) is 0 Å². The molecule has 0 bridgehead atoms. The van der Waals surface area contributed by atoms with Gasteiger partial charge >= 0.3 is 8.60 Å². The number of hydrogen-bond acceptors (Lipinski definition) is 3. The predicted molar refractivity (Wildman–Crippen MR) is 200 cm³/mol. The van der Waals surface area contributed by atoms with Gasteiger partial charge in [-0.25, -0.2) is 0 Å². The molecule has 0 heterocycles. The quantitative estimate of drug-likeness (QED) is 0.0851. The van der Waals surface area contributed by atoms with E-state index in [-0.39, 0.29) is 16.2 Å². The minimum absolute atomic E-state index is 0.0366. The molecule has 3 aromatic rings. The zero-order chi connectivity index (χ0) is 33.6. The summed E-state index contributed by atoms with van der Waals surface area (Å²) in [6.45, 7) is 20.8. The Hall–Kier alpha value is -2.51. The van der Waals surface area contributed by atoms with E-state index in [2.05, 4.69) is 135 Å². The first-order valence-electron chi connectivity index (χ1n) is 18.1. The third-order valence-corrected chi connectivity index (χ3v) is 10.6. The van der Waals surface area contributed by atoms with Gasteiger partial charge < -0.3 is 13.6 Å². The fraction of sp³-hybridized carbons (Fsp3) is 0.571. The molecule has 0 atom stereocenters. The average Bonchev–Trinajstić information content (AvgIpc) is 3.02. The lowest BCUT2D eigenvalue weighted by atomic mass is 9.79. The molecule has 0 aromatic heterocycles. The smallest absolute Gasteiger partial charge is 0.408 e. The van der Waals surface area contributed by atoms with Gasteiger partial charge in [-0.15, -0.1) is 0 Å². The lowest BCUT2D eigenvalue weighted by Crippen LogP contribution is -2.20. The Bertz CT molecular complexity index is 1150. The van der Waals surface area contributed by atoms with Crippen molar-refractivity contribution >= 4 is 8.60 Å². The van der Waals surface area contributed by atoms with Gasteiger partial charge in [0.1, 0.15) is 17.2 Å². The van der Waals surface area contributed by atoms with Crippen LogP contribution in [0.4, 0.5) is 0 Å². The second-order valence-corrected chi connectivity index (χ2v) is 16.0. The number of benzene rings is 3. The SMILES string of the molecule is CCCCCC(C)(C)c1ccccc1OP(Oc1ccccc1C(C)(C)CCCCC)Oc1ccccc1C(C)(C)CCCCC. The molecule has 3 rings (SSSR count). The number of para-hydroxylation sites is 3. The molecule has 0 spiro atoms. The number of rotatable bonds is 21. The Morgan fingerprint density at radius 1 is 0.413 bits per heavy atom. The summed E-state index contributed by atoms with van der Waals surface area (Å²) in [5, 5.41) is 0. The lowest BCUT2D eigenvalue weighted by Gasteiger charge is -2.31. The summed E-state index contributed by atoms with van der Waals surface area (Å²) >= 11 is 0. The maximum Gasteiger partial charge on any atom is 0.530 e. The Morgan fingerprint density at radius 3 is 0.935 bits per heavy atom. The molecular weight excluding hydrogens is 583 g/mol. The highest BCUT2D eigenvalue weighted by Gasteiger charge is 2.32. The van der Waals surface area contributed by atoms with Crippen LogP contribution < -0.4 is 13.6 Å². The van der Waals surface area contributed by atoms with Crippen LogP contribution in [0.15, 0.2) is 72.8 Å². The van der Waals surface area contributed by atoms with Crippen molar-refractivity contribution in [2.45, 2.75) is 156 Å². The third kappa shape index (κ3) is 11.0. The molecule has 3 nitrogen and oxygen atoms in total. The average molecular weight is 647 g/mol. The number of hydrogen-bond donors (Lipinski definition) is 0. The van der Waals surface area contributed by atoms with Crippen molar-refractivity contribution in [1.82, 2.24) is 0 Å². The van der Waals surface area contributed by atoms with Crippen molar-refractivity contribution in [3.05, 3.63) is 89.5 Å². The van der Waals surface area contributed by atoms with Crippen LogP contribution in [0.5, 0.6) is 17.2 Å². The molecule has 0 radical (unpaired) electrons. The van der Waals surface area contributed by atoms with E-state index in [1.54, 1.807) is 0 Å². The van der Waals surface area contributed by atoms with E-state index < -0.39 is 8.60 Å². The molecule has 0 saturated carbocycles. The standard InChI is InChI=1S/C42H63O3P/c1-10-13-22-31-40(4,5)34-25-16-19-28-37(34)43-46(44-38-29-20-17-26-35(38)41(6,7)32-23-14-11-2)45-39-30-21-18-27-36(39)42(8,9)33-24-15-12-3/h16-21,25-30H,10-15,22-24,31-33H2,1-9H3. The van der Waals surface area contributed by atoms with E-state index in [9.17, 15) is 0 Å². The van der Waals surface area contributed by atoms with Gasteiger partial charge in [0.15, 0.2) is 0 Å². The van der Waals surface area contributed by atoms with Gasteiger partial charge in [0.2, 0.25) is 0 Å². The number of unbranched alkanes of at least 4 members (excludes halogenated alkanes) is 6. The Morgan fingerprint density at radius 2 is 0.674 bits per heavy atom. The second kappa shape index (κ2) is 18.1. The zero-order valence-electron chi connectivity index (χ0n) is 30.6. The Labute approximate surface area is 283 Å². The van der Waals surface area contributed by atoms with Crippen LogP contribution >= 0.6 is 8.60 Å². The summed E-state index contributed by atoms with van der Waals surface area (Å²) < 4.78 is 20.7. The summed E-state index contributed by atoms with van der Waals surface area (Å²) in [5.41, 5.74) is 3.49. The Balaban J connectivity index is 2.04. The molecule has 4 heteroatoms. The molecule has 3 aromatic carbocycles. The van der Waals surface area contributed by atoms with Gasteiger partial charge in [-0.3, -0.25) is 0 Å². The zero-order valence-corrected chi connectivity index (χ0v) is 31.5. The van der Waals surface area contributed by atoms with Crippen LogP contribution in [0, 0.1) is 0 Å². The van der Waals surface area contributed by atoms with Crippen molar-refractivity contribution in [3.8, 4) is 17.2 Å². The van der Waals surface area contributed by atoms with Crippen molar-refractivity contribution in [3.63, 3.8) is 0 Å². The van der Waals surface area contributed by atoms with Crippen LogP contribution in [0.2, 0.25) is 0 Å². The molecule has 0 unspecified atom stereocenters. The molecule has 0 amide bonds. The van der Waals surface area contributed by atoms with Gasteiger partial charge in [0.05, 0.1) is 0 Å². The fourth-order valence-corrected chi connectivity index (χ4v) is 7.54. The van der Waals surface area contributed by atoms with Crippen molar-refractivity contribution < 1.29 is 13.6 Å². The summed E-state index contributed by atoms with van der Waals surface area (Å²) in [6, 6.07) is 25.4. The van der Waals surface area contributed by atoms with Crippen LogP contribution in [-0.2, 0) is 16.2 Å². The Kier molecular flexibility index (Phi) is 15.0. The van der Waals surface area contributed by atoms with Crippen molar-refractivity contribution in [2.24, 2.45) is 0 Å². The van der Waals surface area contributed by atoms with Gasteiger partial charge in [-0.2, -0.15) is 0 Å². The molecule has 0 fully saturated rings. The van der Waals surface area contributed by atoms with E-state index in [1.807, 2.05) is 0 Å². The van der Waals surface area contributed by atoms with Crippen LogP contribution in [0.1, 0.15) is 156 Å². The molecule has 254 valence electrons. The van der Waals surface area contributed by atoms with Gasteiger partial charge in [-0.05, 0) is 53.7 Å². The molecule has 0 aliphatic heterocycles. The summed E-state index contributed by atoms with van der Waals surface area (Å²) in [4.78, 5) is 0. The highest BCUT2D eigenvalue weighted by molar-refractivity contribution is 7.43. The first-order valence-corrected chi connectivity index (χ1v) is 19.2. The molecule has 0 saturated heterocycles. The molecule has 0 N–H and O–H groups in total. The van der Waals surface area contributed by atoms with Crippen LogP contribution in [0.25, 0.3) is 0 Å². The monoisotopic (exact) mass is 646 g/mol. The highest BCUT2D eigenvalue weighted by Crippen LogP contribution is 2.50. The third-order valence-electron chi connectivity index (χ3n) is 9.58. The molecule has 0 aliphatic carbocycles. The van der Waals surface area contributed by atoms with E-state index in [0.29, 0.717) is 0 Å². The van der Waals surface area contributed by atoms with E-state index in [4.69, 9.17) is 13.6 Å². The predicted octanol–water partition coefficient (Wildman–Crippen LogP) is 14.0. The highest BCUT2D eigenvalue weighted by atomic mass is 31.2. The summed E-state index contributed by atoms with van der Waals surface area (Å²) in [6.07, 6.45) is 14.2. The normalized spacial score (nSPS) is 12.4. The van der Waals surface area contributed by atoms with Gasteiger partial charge in [0, 0.05) is 16.7 Å². The lowest BCUT2D eigenvalue weighted by molar-refractivity contribution is 0.360. The largest absolute Gasteiger partial charge is 0.530 e. The maximum atomic E-state index is 6.90. The van der Waals surface area contributed by atoms with E-state index in [1.165, 1.54) is 74.5 Å². The minimum Gasteiger partial charge on any atom is -0.408 e. The van der Waals surface area contributed by atoms with E-state index >= 15 is 0 Å². The maximum absolute atomic E-state index is 6.90. The van der Waals surface area contributed by atoms with Gasteiger partial charge in [-0.1, -0.05) is 175 Å². The second-order valence-electron chi connectivity index (χ2n) is 15.0. The minimum atomic E-state index is -1.83. The fourth-order valence-electron chi connectivity index (χ4n) is 6.47. The van der Waals surface area contributed by atoms with Crippen molar-refractivity contribution in [2.75, 3.05) is 0 Å². The van der Waals surface area contributed by atoms with Gasteiger partial charge in [0.25, 0.3) is 0 Å². The molecule has 0 aliphatic rings. The topological polar surface area (TPSA) is 27.7 Å². The molecule has 46 heavy (non-hydrogen) atoms. The van der Waals surface area contributed by atoms with Crippen LogP contribution in [0.3, 0.4) is 0 Å².